The Balaban J connectivity index is 1.57. The lowest BCUT2D eigenvalue weighted by molar-refractivity contribution is -0.148. The first-order valence-electron chi connectivity index (χ1n) is 8.20. The van der Waals surface area contributed by atoms with Crippen molar-refractivity contribution in [3.8, 4) is 0 Å². The molecule has 2 aromatic heterocycles. The van der Waals surface area contributed by atoms with E-state index in [2.05, 4.69) is 4.98 Å². The predicted molar refractivity (Wildman–Crippen MR) is 100 cm³/mol. The Morgan fingerprint density at radius 3 is 2.93 bits per heavy atom. The van der Waals surface area contributed by atoms with Gasteiger partial charge in [0.05, 0.1) is 17.2 Å². The van der Waals surface area contributed by atoms with Gasteiger partial charge in [0.15, 0.2) is 21.6 Å². The minimum absolute atomic E-state index is 0.0596. The molecule has 0 unspecified atom stereocenters. The monoisotopic (exact) mass is 411 g/mol. The van der Waals surface area contributed by atoms with Crippen molar-refractivity contribution < 1.29 is 22.7 Å². The van der Waals surface area contributed by atoms with Crippen molar-refractivity contribution in [3.05, 3.63) is 41.3 Å². The van der Waals surface area contributed by atoms with E-state index in [-0.39, 0.29) is 22.7 Å². The number of sulfone groups is 1. The fraction of sp³-hybridized carbons (Fsp3) is 0.353. The van der Waals surface area contributed by atoms with E-state index in [9.17, 15) is 18.0 Å². The third kappa shape index (κ3) is 4.48. The summed E-state index contributed by atoms with van der Waals surface area (Å²) in [7, 11) is -1.59. The van der Waals surface area contributed by atoms with E-state index >= 15 is 0 Å². The number of hydrogen-bond acceptors (Lipinski definition) is 6. The maximum atomic E-state index is 12.1. The lowest BCUT2D eigenvalue weighted by Crippen LogP contribution is -2.40. The first-order chi connectivity index (χ1) is 12.8. The minimum Gasteiger partial charge on any atom is -0.452 e. The summed E-state index contributed by atoms with van der Waals surface area (Å²) in [6.45, 7) is -0.461. The number of ether oxygens (including phenoxy) is 1. The predicted octanol–water partition coefficient (Wildman–Crippen LogP) is 1.19. The van der Waals surface area contributed by atoms with Crippen molar-refractivity contribution in [1.29, 1.82) is 0 Å². The van der Waals surface area contributed by atoms with Crippen LogP contribution in [0, 0.1) is 0 Å². The van der Waals surface area contributed by atoms with Gasteiger partial charge >= 0.3 is 5.97 Å². The van der Waals surface area contributed by atoms with Crippen LogP contribution in [0.3, 0.4) is 0 Å². The summed E-state index contributed by atoms with van der Waals surface area (Å²) >= 11 is 6.07. The van der Waals surface area contributed by atoms with Crippen LogP contribution in [-0.2, 0) is 24.2 Å². The highest BCUT2D eigenvalue weighted by molar-refractivity contribution is 7.91. The van der Waals surface area contributed by atoms with Gasteiger partial charge in [-0.3, -0.25) is 9.20 Å². The number of amides is 1. The van der Waals surface area contributed by atoms with Crippen molar-refractivity contribution >= 4 is 45.0 Å². The van der Waals surface area contributed by atoms with Gasteiger partial charge in [-0.15, -0.1) is 0 Å². The van der Waals surface area contributed by atoms with E-state index in [1.807, 2.05) is 6.07 Å². The zero-order valence-corrected chi connectivity index (χ0v) is 16.1. The largest absolute Gasteiger partial charge is 0.452 e. The molecule has 27 heavy (non-hydrogen) atoms. The van der Waals surface area contributed by atoms with Crippen LogP contribution in [0.25, 0.3) is 11.7 Å². The fourth-order valence-corrected chi connectivity index (χ4v) is 4.86. The van der Waals surface area contributed by atoms with Crippen LogP contribution in [0.4, 0.5) is 0 Å². The molecule has 1 aliphatic heterocycles. The quantitative estimate of drug-likeness (QED) is 0.541. The molecule has 0 aromatic carbocycles. The first kappa shape index (κ1) is 19.4. The van der Waals surface area contributed by atoms with Crippen LogP contribution in [-0.4, -0.2) is 65.8 Å². The number of carbonyl (C=O) groups is 2. The van der Waals surface area contributed by atoms with Crippen molar-refractivity contribution in [1.82, 2.24) is 14.3 Å². The number of fused-ring (bicyclic) bond motifs is 1. The number of imidazole rings is 1. The number of carbonyl (C=O) groups excluding carboxylic acids is 2. The van der Waals surface area contributed by atoms with Gasteiger partial charge in [0, 0.05) is 25.4 Å². The SMILES string of the molecule is CN(C(=O)COC(=O)/C=C/c1c(Cl)nc2ccccn12)[C@@H]1CCS(=O)(=O)C1. The Morgan fingerprint density at radius 1 is 1.44 bits per heavy atom. The van der Waals surface area contributed by atoms with E-state index in [0.29, 0.717) is 17.8 Å². The zero-order chi connectivity index (χ0) is 19.6. The molecule has 10 heteroatoms. The topological polar surface area (TPSA) is 98.0 Å². The van der Waals surface area contributed by atoms with Crippen LogP contribution in [0.1, 0.15) is 12.1 Å². The Morgan fingerprint density at radius 2 is 2.22 bits per heavy atom. The van der Waals surface area contributed by atoms with Crippen LogP contribution < -0.4 is 0 Å². The average Bonchev–Trinajstić information content (AvgIpc) is 3.15. The number of rotatable bonds is 5. The van der Waals surface area contributed by atoms with Gasteiger partial charge in [-0.2, -0.15) is 0 Å². The number of aromatic nitrogens is 2. The number of pyridine rings is 1. The van der Waals surface area contributed by atoms with Gasteiger partial charge in [0.25, 0.3) is 5.91 Å². The van der Waals surface area contributed by atoms with Gasteiger partial charge in [0.1, 0.15) is 5.65 Å². The molecule has 0 aliphatic carbocycles. The second kappa shape index (κ2) is 7.69. The molecule has 3 heterocycles. The number of esters is 1. The maximum Gasteiger partial charge on any atom is 0.331 e. The van der Waals surface area contributed by atoms with Crippen molar-refractivity contribution in [2.75, 3.05) is 25.2 Å². The lowest BCUT2D eigenvalue weighted by Gasteiger charge is -2.22. The van der Waals surface area contributed by atoms with Crippen molar-refractivity contribution in [2.24, 2.45) is 0 Å². The molecule has 0 N–H and O–H groups in total. The standard InChI is InChI=1S/C17H18ClN3O5S/c1-20(12-7-9-27(24,25)11-12)15(22)10-26-16(23)6-5-13-17(18)19-14-4-2-3-8-21(13)14/h2-6,8,12H,7,9-11H2,1H3/b6-5+/t12-/m1/s1. The molecule has 1 amide bonds. The van der Waals surface area contributed by atoms with E-state index < -0.39 is 28.3 Å². The molecule has 3 rings (SSSR count). The third-order valence-electron chi connectivity index (χ3n) is 4.39. The molecule has 1 saturated heterocycles. The molecule has 1 fully saturated rings. The summed E-state index contributed by atoms with van der Waals surface area (Å²) in [5.41, 5.74) is 1.16. The summed E-state index contributed by atoms with van der Waals surface area (Å²) in [6.07, 6.45) is 4.77. The molecule has 144 valence electrons. The van der Waals surface area contributed by atoms with Crippen LogP contribution in [0.2, 0.25) is 5.15 Å². The van der Waals surface area contributed by atoms with Crippen LogP contribution in [0.15, 0.2) is 30.5 Å². The second-order valence-electron chi connectivity index (χ2n) is 6.22. The third-order valence-corrected chi connectivity index (χ3v) is 6.42. The smallest absolute Gasteiger partial charge is 0.331 e. The Labute approximate surface area is 161 Å². The Bertz CT molecular complexity index is 1010. The first-order valence-corrected chi connectivity index (χ1v) is 10.4. The summed E-state index contributed by atoms with van der Waals surface area (Å²) in [5, 5.41) is 0.239. The molecule has 1 aliphatic rings. The van der Waals surface area contributed by atoms with Crippen LogP contribution in [0.5, 0.6) is 0 Å². The molecule has 8 nitrogen and oxygen atoms in total. The summed E-state index contributed by atoms with van der Waals surface area (Å²) < 4.78 is 29.7. The van der Waals surface area contributed by atoms with Gasteiger partial charge in [-0.25, -0.2) is 18.2 Å². The fourth-order valence-electron chi connectivity index (χ4n) is 2.85. The lowest BCUT2D eigenvalue weighted by atomic mass is 10.2. The molecule has 2 aromatic rings. The zero-order valence-electron chi connectivity index (χ0n) is 14.5. The maximum absolute atomic E-state index is 12.1. The average molecular weight is 412 g/mol. The summed E-state index contributed by atoms with van der Waals surface area (Å²) in [6, 6.07) is 5.02. The molecule has 0 bridgehead atoms. The Kier molecular flexibility index (Phi) is 5.52. The van der Waals surface area contributed by atoms with Gasteiger partial charge in [0.2, 0.25) is 0 Å². The highest BCUT2D eigenvalue weighted by Crippen LogP contribution is 2.19. The molecule has 1 atom stereocenters. The van der Waals surface area contributed by atoms with Gasteiger partial charge in [-0.05, 0) is 24.6 Å². The van der Waals surface area contributed by atoms with Gasteiger partial charge < -0.3 is 9.64 Å². The van der Waals surface area contributed by atoms with E-state index in [1.54, 1.807) is 22.7 Å². The summed E-state index contributed by atoms with van der Waals surface area (Å²) in [4.78, 5) is 29.5. The number of hydrogen-bond donors (Lipinski definition) is 0. The Hall–Kier alpha value is -2.39. The number of likely N-dealkylation sites (N-methyl/N-ethyl adjacent to an activating group) is 1. The molecular weight excluding hydrogens is 394 g/mol. The summed E-state index contributed by atoms with van der Waals surface area (Å²) in [5.74, 6) is -1.15. The number of nitrogens with zero attached hydrogens (tertiary/aromatic N) is 3. The van der Waals surface area contributed by atoms with E-state index in [0.717, 1.165) is 6.08 Å². The molecule has 0 spiro atoms. The number of halogens is 1. The van der Waals surface area contributed by atoms with Crippen molar-refractivity contribution in [3.63, 3.8) is 0 Å². The van der Waals surface area contributed by atoms with E-state index in [1.165, 1.54) is 18.0 Å². The molecular formula is C17H18ClN3O5S. The molecule has 0 saturated carbocycles. The minimum atomic E-state index is -3.09. The van der Waals surface area contributed by atoms with Crippen LogP contribution >= 0.6 is 11.6 Å². The second-order valence-corrected chi connectivity index (χ2v) is 8.81. The van der Waals surface area contributed by atoms with Crippen molar-refractivity contribution in [2.45, 2.75) is 12.5 Å². The van der Waals surface area contributed by atoms with E-state index in [4.69, 9.17) is 16.3 Å². The highest BCUT2D eigenvalue weighted by atomic mass is 35.5. The normalized spacial score (nSPS) is 18.8. The highest BCUT2D eigenvalue weighted by Gasteiger charge is 2.32. The molecule has 0 radical (unpaired) electrons. The van der Waals surface area contributed by atoms with Gasteiger partial charge in [-0.1, -0.05) is 17.7 Å².